The van der Waals surface area contributed by atoms with Crippen molar-refractivity contribution >= 4 is 43.9 Å². The van der Waals surface area contributed by atoms with Crippen LogP contribution in [0.3, 0.4) is 0 Å². The summed E-state index contributed by atoms with van der Waals surface area (Å²) >= 11 is 6.11. The fourth-order valence-electron chi connectivity index (χ4n) is 2.86. The molecule has 29 heavy (non-hydrogen) atoms. The Bertz CT molecular complexity index is 1250. The molecule has 0 aliphatic heterocycles. The lowest BCUT2D eigenvalue weighted by Gasteiger charge is -2.11. The van der Waals surface area contributed by atoms with Gasteiger partial charge < -0.3 is 5.32 Å². The van der Waals surface area contributed by atoms with E-state index in [1.165, 1.54) is 0 Å². The molecule has 2 aromatic heterocycles. The predicted molar refractivity (Wildman–Crippen MR) is 115 cm³/mol. The van der Waals surface area contributed by atoms with Crippen LogP contribution in [0.25, 0.3) is 10.9 Å². The van der Waals surface area contributed by atoms with Gasteiger partial charge in [0.1, 0.15) is 0 Å². The number of sulfonamides is 1. The van der Waals surface area contributed by atoms with Gasteiger partial charge in [-0.3, -0.25) is 9.97 Å². The monoisotopic (exact) mass is 424 g/mol. The predicted octanol–water partition coefficient (Wildman–Crippen LogP) is 4.51. The van der Waals surface area contributed by atoms with Crippen LogP contribution >= 0.6 is 11.6 Å². The van der Waals surface area contributed by atoms with Crippen LogP contribution in [0, 0.1) is 0 Å². The second-order valence-corrected chi connectivity index (χ2v) is 8.56. The molecule has 8 heteroatoms. The maximum atomic E-state index is 12.5. The van der Waals surface area contributed by atoms with Crippen LogP contribution in [-0.2, 0) is 16.6 Å². The van der Waals surface area contributed by atoms with Crippen LogP contribution in [-0.4, -0.2) is 18.4 Å². The number of benzene rings is 2. The summed E-state index contributed by atoms with van der Waals surface area (Å²) in [5.74, 6) is 0. The van der Waals surface area contributed by atoms with Gasteiger partial charge in [0.2, 0.25) is 10.0 Å². The molecule has 0 spiro atoms. The van der Waals surface area contributed by atoms with Gasteiger partial charge in [-0.2, -0.15) is 0 Å². The van der Waals surface area contributed by atoms with Gasteiger partial charge in [0.05, 0.1) is 10.4 Å². The summed E-state index contributed by atoms with van der Waals surface area (Å²) in [6.45, 7) is 0.180. The lowest BCUT2D eigenvalue weighted by Crippen LogP contribution is -2.23. The van der Waals surface area contributed by atoms with E-state index in [1.54, 1.807) is 55.0 Å². The first-order valence-electron chi connectivity index (χ1n) is 8.81. The van der Waals surface area contributed by atoms with Gasteiger partial charge in [-0.05, 0) is 60.2 Å². The molecule has 2 aromatic carbocycles. The molecule has 4 aromatic rings. The normalized spacial score (nSPS) is 11.5. The van der Waals surface area contributed by atoms with E-state index >= 15 is 0 Å². The average molecular weight is 425 g/mol. The second kappa shape index (κ2) is 8.16. The lowest BCUT2D eigenvalue weighted by atomic mass is 10.2. The molecule has 2 N–H and O–H groups in total. The molecule has 0 aliphatic carbocycles. The molecule has 6 nitrogen and oxygen atoms in total. The smallest absolute Gasteiger partial charge is 0.240 e. The van der Waals surface area contributed by atoms with Crippen molar-refractivity contribution in [3.8, 4) is 0 Å². The highest BCUT2D eigenvalue weighted by Crippen LogP contribution is 2.28. The molecule has 0 aliphatic rings. The Hall–Kier alpha value is -3.00. The highest BCUT2D eigenvalue weighted by atomic mass is 35.5. The number of nitrogens with one attached hydrogen (secondary N) is 2. The highest BCUT2D eigenvalue weighted by Gasteiger charge is 2.14. The van der Waals surface area contributed by atoms with Crippen molar-refractivity contribution in [2.75, 3.05) is 5.32 Å². The Balaban J connectivity index is 1.51. The van der Waals surface area contributed by atoms with Crippen molar-refractivity contribution in [2.24, 2.45) is 0 Å². The SMILES string of the molecule is O=S(=O)(NCc1cccnc1)c1ccc(Nc2ccnc3ccc(Cl)cc23)cc1. The van der Waals surface area contributed by atoms with Crippen molar-refractivity contribution in [3.63, 3.8) is 0 Å². The molecule has 0 saturated carbocycles. The summed E-state index contributed by atoms with van der Waals surface area (Å²) in [7, 11) is -3.62. The molecule has 0 bridgehead atoms. The van der Waals surface area contributed by atoms with Gasteiger partial charge in [-0.1, -0.05) is 17.7 Å². The standard InChI is InChI=1S/C21H17ClN4O2S/c22-16-3-8-20-19(12-16)21(9-11-24-20)26-17-4-6-18(7-5-17)29(27,28)25-14-15-2-1-10-23-13-15/h1-13,25H,14H2,(H,24,26). The molecule has 0 amide bonds. The third-order valence-electron chi connectivity index (χ3n) is 4.34. The number of hydrogen-bond donors (Lipinski definition) is 2. The second-order valence-electron chi connectivity index (χ2n) is 6.36. The zero-order valence-electron chi connectivity index (χ0n) is 15.2. The van der Waals surface area contributed by atoms with Crippen LogP contribution in [0.15, 0.2) is 84.1 Å². The molecular weight excluding hydrogens is 408 g/mol. The number of fused-ring (bicyclic) bond motifs is 1. The summed E-state index contributed by atoms with van der Waals surface area (Å²) in [5.41, 5.74) is 3.20. The Morgan fingerprint density at radius 3 is 2.55 bits per heavy atom. The maximum absolute atomic E-state index is 12.5. The van der Waals surface area contributed by atoms with E-state index in [9.17, 15) is 8.42 Å². The van der Waals surface area contributed by atoms with E-state index in [0.29, 0.717) is 5.02 Å². The Morgan fingerprint density at radius 1 is 0.966 bits per heavy atom. The number of halogens is 1. The van der Waals surface area contributed by atoms with E-state index in [2.05, 4.69) is 20.0 Å². The summed E-state index contributed by atoms with van der Waals surface area (Å²) < 4.78 is 27.6. The Labute approximate surface area is 173 Å². The molecule has 0 unspecified atom stereocenters. The molecule has 0 radical (unpaired) electrons. The number of anilines is 2. The number of aromatic nitrogens is 2. The fraction of sp³-hybridized carbons (Fsp3) is 0.0476. The minimum absolute atomic E-state index is 0.180. The van der Waals surface area contributed by atoms with E-state index in [0.717, 1.165) is 27.8 Å². The molecule has 2 heterocycles. The van der Waals surface area contributed by atoms with Gasteiger partial charge in [0.15, 0.2) is 0 Å². The van der Waals surface area contributed by atoms with Crippen molar-refractivity contribution < 1.29 is 8.42 Å². The first kappa shape index (κ1) is 19.3. The number of nitrogens with zero attached hydrogens (tertiary/aromatic N) is 2. The fourth-order valence-corrected chi connectivity index (χ4v) is 4.05. The maximum Gasteiger partial charge on any atom is 0.240 e. The average Bonchev–Trinajstić information content (AvgIpc) is 2.74. The molecule has 4 rings (SSSR count). The molecular formula is C21H17ClN4O2S. The number of hydrogen-bond acceptors (Lipinski definition) is 5. The molecule has 0 saturated heterocycles. The van der Waals surface area contributed by atoms with Crippen LogP contribution < -0.4 is 10.0 Å². The Morgan fingerprint density at radius 2 is 1.79 bits per heavy atom. The van der Waals surface area contributed by atoms with Gasteiger partial charge in [0.25, 0.3) is 0 Å². The number of pyridine rings is 2. The van der Waals surface area contributed by atoms with Crippen LogP contribution in [0.2, 0.25) is 5.02 Å². The zero-order chi connectivity index (χ0) is 20.3. The highest BCUT2D eigenvalue weighted by molar-refractivity contribution is 7.89. The molecule has 0 fully saturated rings. The van der Waals surface area contributed by atoms with Gasteiger partial charge >= 0.3 is 0 Å². The van der Waals surface area contributed by atoms with E-state index < -0.39 is 10.0 Å². The van der Waals surface area contributed by atoms with Crippen molar-refractivity contribution in [2.45, 2.75) is 11.4 Å². The van der Waals surface area contributed by atoms with Gasteiger partial charge in [-0.15, -0.1) is 0 Å². The summed E-state index contributed by atoms with van der Waals surface area (Å²) in [6, 6.07) is 17.5. The van der Waals surface area contributed by atoms with Gasteiger partial charge in [0, 0.05) is 46.9 Å². The molecule has 146 valence electrons. The minimum atomic E-state index is -3.62. The van der Waals surface area contributed by atoms with E-state index in [-0.39, 0.29) is 11.4 Å². The Kier molecular flexibility index (Phi) is 5.44. The van der Waals surface area contributed by atoms with Gasteiger partial charge in [-0.25, -0.2) is 13.1 Å². The third kappa shape index (κ3) is 4.54. The van der Waals surface area contributed by atoms with Crippen molar-refractivity contribution in [1.29, 1.82) is 0 Å². The molecule has 0 atom stereocenters. The van der Waals surface area contributed by atoms with Crippen LogP contribution in [0.5, 0.6) is 0 Å². The first-order valence-corrected chi connectivity index (χ1v) is 10.7. The summed E-state index contributed by atoms with van der Waals surface area (Å²) in [5, 5.41) is 4.79. The summed E-state index contributed by atoms with van der Waals surface area (Å²) in [4.78, 5) is 8.50. The van der Waals surface area contributed by atoms with Crippen LogP contribution in [0.4, 0.5) is 11.4 Å². The summed E-state index contributed by atoms with van der Waals surface area (Å²) in [6.07, 6.45) is 4.98. The largest absolute Gasteiger partial charge is 0.355 e. The van der Waals surface area contributed by atoms with Crippen molar-refractivity contribution in [3.05, 3.63) is 89.8 Å². The first-order chi connectivity index (χ1) is 14.0. The lowest BCUT2D eigenvalue weighted by molar-refractivity contribution is 0.581. The minimum Gasteiger partial charge on any atom is -0.355 e. The quantitative estimate of drug-likeness (QED) is 0.476. The number of rotatable bonds is 6. The topological polar surface area (TPSA) is 84.0 Å². The van der Waals surface area contributed by atoms with E-state index in [4.69, 9.17) is 11.6 Å². The zero-order valence-corrected chi connectivity index (χ0v) is 16.8. The van der Waals surface area contributed by atoms with E-state index in [1.807, 2.05) is 24.3 Å². The van der Waals surface area contributed by atoms with Crippen LogP contribution in [0.1, 0.15) is 5.56 Å². The third-order valence-corrected chi connectivity index (χ3v) is 5.99. The van der Waals surface area contributed by atoms with Crippen molar-refractivity contribution in [1.82, 2.24) is 14.7 Å².